The van der Waals surface area contributed by atoms with Crippen LogP contribution in [0.5, 0.6) is 0 Å². The summed E-state index contributed by atoms with van der Waals surface area (Å²) in [5, 5.41) is 0. The first-order valence-corrected chi connectivity index (χ1v) is 21.0. The zero-order valence-electron chi connectivity index (χ0n) is 17.8. The van der Waals surface area contributed by atoms with Crippen molar-refractivity contribution >= 4 is 43.3 Å². The van der Waals surface area contributed by atoms with Crippen molar-refractivity contribution in [2.45, 2.75) is 52.4 Å². The van der Waals surface area contributed by atoms with Crippen LogP contribution < -0.4 is 0 Å². The summed E-state index contributed by atoms with van der Waals surface area (Å²) in [5.41, 5.74) is 0. The van der Waals surface area contributed by atoms with Crippen molar-refractivity contribution in [1.29, 1.82) is 0 Å². The smallest absolute Gasteiger partial charge is 0.398 e. The molecular weight excluding hydrogens is 413 g/mol. The van der Waals surface area contributed by atoms with Gasteiger partial charge in [-0.1, -0.05) is 0 Å². The molecular formula is C12H36O8Si5. The van der Waals surface area contributed by atoms with Crippen LogP contribution >= 0.6 is 0 Å². The fourth-order valence-corrected chi connectivity index (χ4v) is 15.7. The van der Waals surface area contributed by atoms with E-state index in [4.69, 9.17) is 34.2 Å². The van der Waals surface area contributed by atoms with Gasteiger partial charge in [0, 0.05) is 28.4 Å². The van der Waals surface area contributed by atoms with E-state index in [1.54, 1.807) is 28.4 Å². The predicted molar refractivity (Wildman–Crippen MR) is 108 cm³/mol. The first-order valence-electron chi connectivity index (χ1n) is 8.08. The van der Waals surface area contributed by atoms with E-state index in [-0.39, 0.29) is 0 Å². The van der Waals surface area contributed by atoms with E-state index < -0.39 is 43.3 Å². The highest BCUT2D eigenvalue weighted by Crippen LogP contribution is 2.30. The maximum absolute atomic E-state index is 6.34. The monoisotopic (exact) mass is 448 g/mol. The minimum absolute atomic E-state index is 1.61. The van der Waals surface area contributed by atoms with Crippen LogP contribution in [-0.2, 0) is 34.2 Å². The van der Waals surface area contributed by atoms with Crippen molar-refractivity contribution in [1.82, 2.24) is 0 Å². The van der Waals surface area contributed by atoms with Gasteiger partial charge in [-0.25, -0.2) is 0 Å². The predicted octanol–water partition coefficient (Wildman–Crippen LogP) is 2.88. The van der Waals surface area contributed by atoms with Gasteiger partial charge >= 0.3 is 43.3 Å². The molecule has 0 atom stereocenters. The van der Waals surface area contributed by atoms with E-state index in [1.165, 1.54) is 0 Å². The Morgan fingerprint density at radius 1 is 0.360 bits per heavy atom. The summed E-state index contributed by atoms with van der Waals surface area (Å²) in [7, 11) is -7.48. The molecule has 0 unspecified atom stereocenters. The van der Waals surface area contributed by atoms with E-state index in [9.17, 15) is 0 Å². The Kier molecular flexibility index (Phi) is 9.59. The summed E-state index contributed by atoms with van der Waals surface area (Å²) in [6.07, 6.45) is 0. The lowest BCUT2D eigenvalue weighted by Gasteiger charge is -2.43. The first-order chi connectivity index (χ1) is 11.1. The second-order valence-electron chi connectivity index (χ2n) is 7.32. The molecule has 0 amide bonds. The molecule has 0 fully saturated rings. The molecule has 0 radical (unpaired) electrons. The Bertz CT molecular complexity index is 341. The standard InChI is InChI=1S/C12H36O8Si5/c1-13-21(5,6)17-25(18-22(7,8)14-2,19-23(9,10)15-3)20-24(11,12)16-4/h1-12H3. The van der Waals surface area contributed by atoms with Crippen molar-refractivity contribution < 1.29 is 34.2 Å². The molecule has 0 aliphatic rings. The van der Waals surface area contributed by atoms with E-state index >= 15 is 0 Å². The highest BCUT2D eigenvalue weighted by atomic mass is 28.6. The lowest BCUT2D eigenvalue weighted by molar-refractivity contribution is 0.0831. The van der Waals surface area contributed by atoms with Crippen molar-refractivity contribution in [2.75, 3.05) is 28.4 Å². The molecule has 0 aromatic rings. The summed E-state index contributed by atoms with van der Waals surface area (Å²) in [5.74, 6) is 0. The summed E-state index contributed by atoms with van der Waals surface area (Å²) in [6, 6.07) is 0. The van der Waals surface area contributed by atoms with E-state index in [2.05, 4.69) is 0 Å². The molecule has 0 heterocycles. The minimum atomic E-state index is -3.67. The molecule has 0 bridgehead atoms. The maximum atomic E-state index is 6.34. The molecule has 0 N–H and O–H groups in total. The zero-order valence-corrected chi connectivity index (χ0v) is 22.8. The molecule has 0 rings (SSSR count). The van der Waals surface area contributed by atoms with Gasteiger partial charge in [0.05, 0.1) is 0 Å². The molecule has 0 saturated carbocycles. The Morgan fingerprint density at radius 2 is 0.520 bits per heavy atom. The maximum Gasteiger partial charge on any atom is 0.643 e. The van der Waals surface area contributed by atoms with E-state index in [1.807, 2.05) is 52.4 Å². The number of hydrogen-bond donors (Lipinski definition) is 0. The summed E-state index contributed by atoms with van der Waals surface area (Å²) < 4.78 is 47.7. The van der Waals surface area contributed by atoms with Gasteiger partial charge in [-0.05, 0) is 52.4 Å². The van der Waals surface area contributed by atoms with E-state index in [0.29, 0.717) is 0 Å². The molecule has 0 aromatic carbocycles. The average Bonchev–Trinajstić information content (AvgIpc) is 2.45. The van der Waals surface area contributed by atoms with Gasteiger partial charge in [0.1, 0.15) is 0 Å². The van der Waals surface area contributed by atoms with Crippen LogP contribution in [0.15, 0.2) is 0 Å². The summed E-state index contributed by atoms with van der Waals surface area (Å²) >= 11 is 0. The quantitative estimate of drug-likeness (QED) is 0.422. The van der Waals surface area contributed by atoms with Crippen molar-refractivity contribution in [2.24, 2.45) is 0 Å². The van der Waals surface area contributed by atoms with Crippen LogP contribution in [0.3, 0.4) is 0 Å². The average molecular weight is 449 g/mol. The fraction of sp³-hybridized carbons (Fsp3) is 1.00. The third-order valence-corrected chi connectivity index (χ3v) is 19.2. The van der Waals surface area contributed by atoms with Gasteiger partial charge in [0.2, 0.25) is 0 Å². The highest BCUT2D eigenvalue weighted by Gasteiger charge is 2.60. The van der Waals surface area contributed by atoms with Crippen LogP contribution in [-0.4, -0.2) is 71.7 Å². The van der Waals surface area contributed by atoms with E-state index in [0.717, 1.165) is 0 Å². The molecule has 0 aliphatic heterocycles. The fourth-order valence-electron chi connectivity index (χ4n) is 1.50. The second kappa shape index (κ2) is 9.31. The Hall–Kier alpha value is 0.764. The molecule has 0 aliphatic carbocycles. The molecule has 0 aromatic heterocycles. The van der Waals surface area contributed by atoms with Crippen LogP contribution in [0.25, 0.3) is 0 Å². The second-order valence-corrected chi connectivity index (χ2v) is 24.4. The van der Waals surface area contributed by atoms with Gasteiger partial charge in [0.15, 0.2) is 0 Å². The van der Waals surface area contributed by atoms with Crippen LogP contribution in [0, 0.1) is 0 Å². The summed E-state index contributed by atoms with van der Waals surface area (Å²) in [6.45, 7) is 15.3. The molecule has 13 heteroatoms. The molecule has 25 heavy (non-hydrogen) atoms. The normalized spacial score (nSPS) is 14.9. The lowest BCUT2D eigenvalue weighted by Crippen LogP contribution is -2.68. The Labute approximate surface area is 158 Å². The lowest BCUT2D eigenvalue weighted by atomic mass is 11.8. The Morgan fingerprint density at radius 3 is 0.640 bits per heavy atom. The number of hydrogen-bond acceptors (Lipinski definition) is 8. The highest BCUT2D eigenvalue weighted by molar-refractivity contribution is 6.88. The molecule has 152 valence electrons. The van der Waals surface area contributed by atoms with Crippen molar-refractivity contribution in [3.8, 4) is 0 Å². The van der Waals surface area contributed by atoms with Gasteiger partial charge < -0.3 is 34.2 Å². The first kappa shape index (κ1) is 25.8. The minimum Gasteiger partial charge on any atom is -0.398 e. The van der Waals surface area contributed by atoms with Crippen LogP contribution in [0.2, 0.25) is 52.4 Å². The topological polar surface area (TPSA) is 73.8 Å². The third-order valence-electron chi connectivity index (χ3n) is 3.45. The molecule has 8 nitrogen and oxygen atoms in total. The van der Waals surface area contributed by atoms with Gasteiger partial charge in [-0.2, -0.15) is 0 Å². The van der Waals surface area contributed by atoms with Crippen LogP contribution in [0.1, 0.15) is 0 Å². The van der Waals surface area contributed by atoms with Gasteiger partial charge in [-0.3, -0.25) is 0 Å². The third kappa shape index (κ3) is 9.49. The van der Waals surface area contributed by atoms with Gasteiger partial charge in [-0.15, -0.1) is 0 Å². The van der Waals surface area contributed by atoms with Crippen molar-refractivity contribution in [3.63, 3.8) is 0 Å². The van der Waals surface area contributed by atoms with Crippen LogP contribution in [0.4, 0.5) is 0 Å². The van der Waals surface area contributed by atoms with Gasteiger partial charge in [0.25, 0.3) is 0 Å². The Balaban J connectivity index is 6.09. The zero-order chi connectivity index (χ0) is 20.2. The SMILES string of the molecule is CO[Si](C)(C)O[Si](O[Si](C)(C)OC)(O[Si](C)(C)OC)O[Si](C)(C)OC. The largest absolute Gasteiger partial charge is 0.643 e. The molecule has 0 saturated heterocycles. The summed E-state index contributed by atoms with van der Waals surface area (Å²) in [4.78, 5) is 0. The number of rotatable bonds is 12. The molecule has 0 spiro atoms. The van der Waals surface area contributed by atoms with Crippen molar-refractivity contribution in [3.05, 3.63) is 0 Å².